The van der Waals surface area contributed by atoms with E-state index in [1.54, 1.807) is 27.4 Å². The van der Waals surface area contributed by atoms with E-state index in [-0.39, 0.29) is 5.82 Å². The fraction of sp³-hybridized carbons (Fsp3) is 0.400. The third-order valence-corrected chi connectivity index (χ3v) is 4.34. The highest BCUT2D eigenvalue weighted by molar-refractivity contribution is 5.84. The summed E-state index contributed by atoms with van der Waals surface area (Å²) in [7, 11) is 4.72. The number of methoxy groups -OCH3 is 3. The summed E-state index contributed by atoms with van der Waals surface area (Å²) in [5.41, 5.74) is 9.88. The molecular weight excluding hydrogens is 330 g/mol. The summed E-state index contributed by atoms with van der Waals surface area (Å²) in [6.45, 7) is 4.14. The van der Waals surface area contributed by atoms with E-state index in [1.807, 2.05) is 13.0 Å². The summed E-state index contributed by atoms with van der Waals surface area (Å²) in [5.74, 6) is 1.93. The summed E-state index contributed by atoms with van der Waals surface area (Å²) in [4.78, 5) is 4.48. The Bertz CT molecular complexity index is 841. The molecule has 0 fully saturated rings. The number of ether oxygens (including phenoxy) is 3. The Kier molecular flexibility index (Phi) is 6.29. The predicted octanol–water partition coefficient (Wildman–Crippen LogP) is 3.74. The van der Waals surface area contributed by atoms with Crippen LogP contribution in [0.15, 0.2) is 12.1 Å². The van der Waals surface area contributed by atoms with Gasteiger partial charge in [-0.25, -0.2) is 4.98 Å². The number of rotatable bonds is 7. The topological polar surface area (TPSA) is 90.4 Å². The van der Waals surface area contributed by atoms with Crippen LogP contribution < -0.4 is 19.9 Å². The van der Waals surface area contributed by atoms with Gasteiger partial charge >= 0.3 is 0 Å². The Balaban J connectivity index is 2.92. The molecule has 0 spiro atoms. The van der Waals surface area contributed by atoms with Gasteiger partial charge in [0.05, 0.1) is 21.3 Å². The first kappa shape index (κ1) is 19.4. The number of nitrogens with two attached hydrogens (primary N) is 1. The SMILES string of the molecule is CCCc1nc(N)c(C#N)c(-c2cc(OC)c(OC)cc2OC)c1CC. The molecule has 0 aliphatic heterocycles. The molecule has 6 nitrogen and oxygen atoms in total. The lowest BCUT2D eigenvalue weighted by Crippen LogP contribution is -2.08. The van der Waals surface area contributed by atoms with Crippen molar-refractivity contribution in [3.63, 3.8) is 0 Å². The molecule has 0 bridgehead atoms. The second-order valence-electron chi connectivity index (χ2n) is 5.80. The quantitative estimate of drug-likeness (QED) is 0.813. The molecule has 1 heterocycles. The molecule has 0 unspecified atom stereocenters. The molecule has 2 N–H and O–H groups in total. The Labute approximate surface area is 154 Å². The monoisotopic (exact) mass is 355 g/mol. The van der Waals surface area contributed by atoms with Crippen LogP contribution >= 0.6 is 0 Å². The minimum atomic E-state index is 0.236. The molecule has 0 amide bonds. The zero-order valence-corrected chi connectivity index (χ0v) is 16.0. The molecule has 26 heavy (non-hydrogen) atoms. The number of nitriles is 1. The zero-order valence-electron chi connectivity index (χ0n) is 16.0. The molecule has 0 radical (unpaired) electrons. The average molecular weight is 355 g/mol. The van der Waals surface area contributed by atoms with Crippen LogP contribution in [-0.4, -0.2) is 26.3 Å². The van der Waals surface area contributed by atoms with Crippen LogP contribution in [0, 0.1) is 11.3 Å². The Morgan fingerprint density at radius 1 is 1.04 bits per heavy atom. The number of aromatic nitrogens is 1. The highest BCUT2D eigenvalue weighted by atomic mass is 16.5. The predicted molar refractivity (Wildman–Crippen MR) is 102 cm³/mol. The van der Waals surface area contributed by atoms with Crippen LogP contribution in [0.5, 0.6) is 17.2 Å². The van der Waals surface area contributed by atoms with E-state index in [0.717, 1.165) is 41.6 Å². The molecule has 0 atom stereocenters. The second kappa shape index (κ2) is 8.43. The Morgan fingerprint density at radius 2 is 1.65 bits per heavy atom. The van der Waals surface area contributed by atoms with Crippen molar-refractivity contribution in [2.45, 2.75) is 33.1 Å². The maximum absolute atomic E-state index is 9.73. The molecule has 0 aliphatic carbocycles. The van der Waals surface area contributed by atoms with Gasteiger partial charge in [0, 0.05) is 22.9 Å². The molecular formula is C20H25N3O3. The lowest BCUT2D eigenvalue weighted by Gasteiger charge is -2.20. The van der Waals surface area contributed by atoms with Gasteiger partial charge in [-0.05, 0) is 24.5 Å². The summed E-state index contributed by atoms with van der Waals surface area (Å²) in [5, 5.41) is 9.73. The van der Waals surface area contributed by atoms with Crippen LogP contribution in [0.2, 0.25) is 0 Å². The van der Waals surface area contributed by atoms with Crippen LogP contribution in [0.25, 0.3) is 11.1 Å². The first-order valence-corrected chi connectivity index (χ1v) is 8.57. The van der Waals surface area contributed by atoms with Gasteiger partial charge in [0.1, 0.15) is 23.2 Å². The van der Waals surface area contributed by atoms with Gasteiger partial charge in [-0.15, -0.1) is 0 Å². The first-order chi connectivity index (χ1) is 12.6. The van der Waals surface area contributed by atoms with Gasteiger partial charge in [0.25, 0.3) is 0 Å². The van der Waals surface area contributed by atoms with Crippen molar-refractivity contribution in [3.05, 3.63) is 29.0 Å². The average Bonchev–Trinajstić information content (AvgIpc) is 2.66. The normalized spacial score (nSPS) is 10.3. The lowest BCUT2D eigenvalue weighted by molar-refractivity contribution is 0.349. The van der Waals surface area contributed by atoms with Crippen LogP contribution in [0.4, 0.5) is 5.82 Å². The van der Waals surface area contributed by atoms with Gasteiger partial charge in [-0.2, -0.15) is 5.26 Å². The molecule has 2 aromatic rings. The van der Waals surface area contributed by atoms with Crippen LogP contribution in [0.1, 0.15) is 37.1 Å². The van der Waals surface area contributed by atoms with Crippen molar-refractivity contribution < 1.29 is 14.2 Å². The largest absolute Gasteiger partial charge is 0.496 e. The van der Waals surface area contributed by atoms with Gasteiger partial charge in [-0.1, -0.05) is 20.3 Å². The maximum atomic E-state index is 9.73. The number of anilines is 1. The zero-order chi connectivity index (χ0) is 19.3. The summed E-state index contributed by atoms with van der Waals surface area (Å²) in [6, 6.07) is 5.79. The first-order valence-electron chi connectivity index (χ1n) is 8.57. The van der Waals surface area contributed by atoms with Crippen molar-refractivity contribution in [1.82, 2.24) is 4.98 Å². The molecule has 138 valence electrons. The molecule has 1 aromatic carbocycles. The molecule has 6 heteroatoms. The van der Waals surface area contributed by atoms with Gasteiger partial charge in [-0.3, -0.25) is 0 Å². The van der Waals surface area contributed by atoms with E-state index in [9.17, 15) is 5.26 Å². The van der Waals surface area contributed by atoms with E-state index >= 15 is 0 Å². The number of hydrogen-bond acceptors (Lipinski definition) is 6. The van der Waals surface area contributed by atoms with Crippen LogP contribution in [0.3, 0.4) is 0 Å². The van der Waals surface area contributed by atoms with Crippen molar-refractivity contribution in [1.29, 1.82) is 5.26 Å². The van der Waals surface area contributed by atoms with E-state index in [1.165, 1.54) is 0 Å². The number of pyridine rings is 1. The number of nitrogens with zero attached hydrogens (tertiary/aromatic N) is 2. The number of aryl methyl sites for hydroxylation is 1. The van der Waals surface area contributed by atoms with Crippen molar-refractivity contribution in [2.24, 2.45) is 0 Å². The lowest BCUT2D eigenvalue weighted by atomic mass is 9.90. The molecule has 2 rings (SSSR count). The standard InChI is InChI=1S/C20H25N3O3/c1-6-8-15-12(7-2)19(14(11-21)20(22)23-15)13-9-17(25-4)18(26-5)10-16(13)24-3/h9-10H,6-8H2,1-5H3,(H2,22,23). The maximum Gasteiger partial charge on any atom is 0.164 e. The van der Waals surface area contributed by atoms with Gasteiger partial charge in [0.15, 0.2) is 11.5 Å². The molecule has 1 aromatic heterocycles. The third kappa shape index (κ3) is 3.38. The summed E-state index contributed by atoms with van der Waals surface area (Å²) >= 11 is 0. The number of nitrogen functional groups attached to an aromatic ring is 1. The number of benzene rings is 1. The van der Waals surface area contributed by atoms with Crippen molar-refractivity contribution in [2.75, 3.05) is 27.1 Å². The van der Waals surface area contributed by atoms with Gasteiger partial charge < -0.3 is 19.9 Å². The highest BCUT2D eigenvalue weighted by Crippen LogP contribution is 2.44. The molecule has 0 aliphatic rings. The van der Waals surface area contributed by atoms with Crippen molar-refractivity contribution in [3.8, 4) is 34.4 Å². The Hall–Kier alpha value is -2.94. The van der Waals surface area contributed by atoms with E-state index in [0.29, 0.717) is 22.8 Å². The molecule has 0 saturated heterocycles. The number of hydrogen-bond donors (Lipinski definition) is 1. The highest BCUT2D eigenvalue weighted by Gasteiger charge is 2.23. The van der Waals surface area contributed by atoms with Gasteiger partial charge in [0.2, 0.25) is 0 Å². The van der Waals surface area contributed by atoms with Crippen molar-refractivity contribution >= 4 is 5.82 Å². The summed E-state index contributed by atoms with van der Waals surface area (Å²) in [6.07, 6.45) is 2.46. The van der Waals surface area contributed by atoms with E-state index in [2.05, 4.69) is 18.0 Å². The van der Waals surface area contributed by atoms with E-state index < -0.39 is 0 Å². The Morgan fingerprint density at radius 3 is 2.15 bits per heavy atom. The minimum absolute atomic E-state index is 0.236. The van der Waals surface area contributed by atoms with E-state index in [4.69, 9.17) is 19.9 Å². The second-order valence-corrected chi connectivity index (χ2v) is 5.80. The van der Waals surface area contributed by atoms with Crippen LogP contribution in [-0.2, 0) is 12.8 Å². The third-order valence-electron chi connectivity index (χ3n) is 4.34. The summed E-state index contributed by atoms with van der Waals surface area (Å²) < 4.78 is 16.4. The molecule has 0 saturated carbocycles. The smallest absolute Gasteiger partial charge is 0.164 e. The fourth-order valence-electron chi connectivity index (χ4n) is 3.15. The fourth-order valence-corrected chi connectivity index (χ4v) is 3.15. The minimum Gasteiger partial charge on any atom is -0.496 e.